The number of carbonyl (C=O) groups is 1. The van der Waals surface area contributed by atoms with E-state index in [9.17, 15) is 4.79 Å². The number of aliphatic imine (C=N–C) groups is 1. The van der Waals surface area contributed by atoms with Crippen molar-refractivity contribution in [2.45, 2.75) is 26.3 Å². The van der Waals surface area contributed by atoms with Gasteiger partial charge in [-0.1, -0.05) is 17.7 Å². The Kier molecular flexibility index (Phi) is 6.24. The Bertz CT molecular complexity index is 224. The van der Waals surface area contributed by atoms with Crippen LogP contribution in [0.25, 0.3) is 0 Å². The first kappa shape index (κ1) is 12.2. The van der Waals surface area contributed by atoms with E-state index in [0.29, 0.717) is 5.17 Å². The largest absolute Gasteiger partial charge is 0.469 e. The summed E-state index contributed by atoms with van der Waals surface area (Å²) in [6, 6.07) is -0.142. The van der Waals surface area contributed by atoms with Crippen LogP contribution in [-0.4, -0.2) is 24.3 Å². The lowest BCUT2D eigenvalue weighted by atomic mass is 10.2. The summed E-state index contributed by atoms with van der Waals surface area (Å²) in [7, 11) is 1.35. The van der Waals surface area contributed by atoms with Gasteiger partial charge in [0.1, 0.15) is 5.17 Å². The minimum Gasteiger partial charge on any atom is -0.469 e. The summed E-state index contributed by atoms with van der Waals surface area (Å²) in [5.74, 6) is -0.277. The van der Waals surface area contributed by atoms with Gasteiger partial charge in [0, 0.05) is 0 Å². The molecule has 0 spiro atoms. The van der Waals surface area contributed by atoms with Gasteiger partial charge in [-0.3, -0.25) is 9.79 Å². The summed E-state index contributed by atoms with van der Waals surface area (Å²) >= 11 is 5.71. The van der Waals surface area contributed by atoms with Crippen LogP contribution in [0.1, 0.15) is 20.3 Å². The number of rotatable bonds is 4. The highest BCUT2D eigenvalue weighted by molar-refractivity contribution is 6.68. The van der Waals surface area contributed by atoms with Crippen molar-refractivity contribution >= 4 is 22.7 Å². The number of methoxy groups -OCH3 is 1. The maximum Gasteiger partial charge on any atom is 0.307 e. The van der Waals surface area contributed by atoms with Crippen LogP contribution in [0.5, 0.6) is 0 Å². The van der Waals surface area contributed by atoms with E-state index in [1.54, 1.807) is 12.2 Å². The van der Waals surface area contributed by atoms with Gasteiger partial charge in [0.05, 0.1) is 19.6 Å². The Morgan fingerprint density at radius 3 is 2.77 bits per heavy atom. The smallest absolute Gasteiger partial charge is 0.307 e. The first-order chi connectivity index (χ1) is 6.10. The topological polar surface area (TPSA) is 38.7 Å². The number of ether oxygens (including phenoxy) is 1. The molecule has 1 atom stereocenters. The van der Waals surface area contributed by atoms with Gasteiger partial charge in [-0.25, -0.2) is 0 Å². The molecular weight excluding hydrogens is 190 g/mol. The first-order valence-electron chi connectivity index (χ1n) is 4.03. The molecule has 13 heavy (non-hydrogen) atoms. The zero-order valence-corrected chi connectivity index (χ0v) is 8.84. The predicted octanol–water partition coefficient (Wildman–Crippen LogP) is 2.15. The molecule has 0 saturated heterocycles. The first-order valence-corrected chi connectivity index (χ1v) is 4.40. The molecule has 0 heterocycles. The van der Waals surface area contributed by atoms with Crippen molar-refractivity contribution in [3.8, 4) is 0 Å². The average molecular weight is 204 g/mol. The van der Waals surface area contributed by atoms with Crippen molar-refractivity contribution in [1.29, 1.82) is 0 Å². The molecule has 0 N–H and O–H groups in total. The molecule has 3 nitrogen and oxygen atoms in total. The molecule has 0 aliphatic carbocycles. The van der Waals surface area contributed by atoms with Gasteiger partial charge in [0.15, 0.2) is 0 Å². The third-order valence-corrected chi connectivity index (χ3v) is 1.56. The predicted molar refractivity (Wildman–Crippen MR) is 54.2 cm³/mol. The standard InChI is InChI=1S/C9H14ClNO2/c1-4-5-8(10)11-7(2)6-9(12)13-3/h4-5,7H,6H2,1-3H3/b5-4-,11-8?. The molecule has 0 aromatic heterocycles. The number of esters is 1. The highest BCUT2D eigenvalue weighted by atomic mass is 35.5. The molecule has 0 radical (unpaired) electrons. The van der Waals surface area contributed by atoms with Crippen LogP contribution in [0, 0.1) is 0 Å². The van der Waals surface area contributed by atoms with Crippen LogP contribution in [-0.2, 0) is 9.53 Å². The Morgan fingerprint density at radius 1 is 1.69 bits per heavy atom. The van der Waals surface area contributed by atoms with Crippen LogP contribution in [0.3, 0.4) is 0 Å². The minimum atomic E-state index is -0.277. The van der Waals surface area contributed by atoms with E-state index in [1.807, 2.05) is 13.8 Å². The number of halogens is 1. The van der Waals surface area contributed by atoms with Crippen molar-refractivity contribution in [2.75, 3.05) is 7.11 Å². The molecule has 0 saturated carbocycles. The molecule has 1 unspecified atom stereocenters. The molecule has 0 fully saturated rings. The van der Waals surface area contributed by atoms with Crippen LogP contribution in [0.2, 0.25) is 0 Å². The Labute approximate surface area is 83.4 Å². The maximum absolute atomic E-state index is 10.8. The lowest BCUT2D eigenvalue weighted by Gasteiger charge is -2.03. The van der Waals surface area contributed by atoms with Gasteiger partial charge in [0.2, 0.25) is 0 Å². The fourth-order valence-electron chi connectivity index (χ4n) is 0.761. The summed E-state index contributed by atoms with van der Waals surface area (Å²) in [4.78, 5) is 14.9. The molecule has 0 rings (SSSR count). The fraction of sp³-hybridized carbons (Fsp3) is 0.556. The second-order valence-corrected chi connectivity index (χ2v) is 2.97. The highest BCUT2D eigenvalue weighted by Crippen LogP contribution is 2.01. The van der Waals surface area contributed by atoms with Crippen molar-refractivity contribution in [3.05, 3.63) is 12.2 Å². The van der Waals surface area contributed by atoms with E-state index >= 15 is 0 Å². The molecule has 0 bridgehead atoms. The van der Waals surface area contributed by atoms with Gasteiger partial charge in [0.25, 0.3) is 0 Å². The number of hydrogen-bond donors (Lipinski definition) is 0. The summed E-state index contributed by atoms with van der Waals surface area (Å²) in [6.07, 6.45) is 3.72. The van der Waals surface area contributed by atoms with Crippen LogP contribution < -0.4 is 0 Å². The van der Waals surface area contributed by atoms with Crippen molar-refractivity contribution in [2.24, 2.45) is 4.99 Å². The molecule has 0 aromatic carbocycles. The normalized spacial score (nSPS) is 14.6. The number of hydrogen-bond acceptors (Lipinski definition) is 3. The highest BCUT2D eigenvalue weighted by Gasteiger charge is 2.07. The van der Waals surface area contributed by atoms with E-state index in [1.165, 1.54) is 7.11 Å². The van der Waals surface area contributed by atoms with Crippen molar-refractivity contribution < 1.29 is 9.53 Å². The van der Waals surface area contributed by atoms with E-state index in [2.05, 4.69) is 9.73 Å². The number of nitrogens with zero attached hydrogens (tertiary/aromatic N) is 1. The fourth-order valence-corrected chi connectivity index (χ4v) is 1.05. The third-order valence-electron chi connectivity index (χ3n) is 1.34. The second-order valence-electron chi connectivity index (χ2n) is 2.58. The average Bonchev–Trinajstić information content (AvgIpc) is 2.04. The van der Waals surface area contributed by atoms with Crippen LogP contribution in [0.15, 0.2) is 17.1 Å². The molecule has 0 amide bonds. The summed E-state index contributed by atoms with van der Waals surface area (Å²) in [5.41, 5.74) is 0. The lowest BCUT2D eigenvalue weighted by Crippen LogP contribution is -2.10. The van der Waals surface area contributed by atoms with Gasteiger partial charge >= 0.3 is 5.97 Å². The lowest BCUT2D eigenvalue weighted by molar-refractivity contribution is -0.140. The van der Waals surface area contributed by atoms with Gasteiger partial charge in [-0.15, -0.1) is 0 Å². The summed E-state index contributed by atoms with van der Waals surface area (Å²) in [6.45, 7) is 3.66. The summed E-state index contributed by atoms with van der Waals surface area (Å²) < 4.78 is 4.49. The molecular formula is C9H14ClNO2. The van der Waals surface area contributed by atoms with Crippen molar-refractivity contribution in [3.63, 3.8) is 0 Å². The quantitative estimate of drug-likeness (QED) is 0.519. The maximum atomic E-state index is 10.8. The summed E-state index contributed by atoms with van der Waals surface area (Å²) in [5, 5.41) is 0.402. The van der Waals surface area contributed by atoms with E-state index < -0.39 is 0 Å². The molecule has 0 aliphatic heterocycles. The number of allylic oxidation sites excluding steroid dienone is 2. The van der Waals surface area contributed by atoms with Crippen LogP contribution >= 0.6 is 11.6 Å². The molecule has 0 aliphatic rings. The van der Waals surface area contributed by atoms with E-state index in [0.717, 1.165) is 0 Å². The monoisotopic (exact) mass is 203 g/mol. The van der Waals surface area contributed by atoms with E-state index in [4.69, 9.17) is 11.6 Å². The zero-order chi connectivity index (χ0) is 10.3. The molecule has 74 valence electrons. The molecule has 0 aromatic rings. The Morgan fingerprint density at radius 2 is 2.31 bits per heavy atom. The van der Waals surface area contributed by atoms with Crippen molar-refractivity contribution in [1.82, 2.24) is 0 Å². The van der Waals surface area contributed by atoms with Gasteiger partial charge in [-0.2, -0.15) is 0 Å². The SMILES string of the molecule is C/C=C\C(Cl)=NC(C)CC(=O)OC. The second kappa shape index (κ2) is 6.66. The van der Waals surface area contributed by atoms with Gasteiger partial charge < -0.3 is 4.74 Å². The minimum absolute atomic E-state index is 0.142. The molecule has 4 heteroatoms. The Balaban J connectivity index is 4.05. The number of carbonyl (C=O) groups excluding carboxylic acids is 1. The third kappa shape index (κ3) is 6.34. The van der Waals surface area contributed by atoms with E-state index in [-0.39, 0.29) is 18.4 Å². The van der Waals surface area contributed by atoms with Gasteiger partial charge in [-0.05, 0) is 19.9 Å². The Hall–Kier alpha value is -0.830. The zero-order valence-electron chi connectivity index (χ0n) is 8.08. The van der Waals surface area contributed by atoms with Crippen LogP contribution in [0.4, 0.5) is 0 Å².